The molecule has 106 valence electrons. The van der Waals surface area contributed by atoms with Crippen LogP contribution in [0.2, 0.25) is 0 Å². The molecule has 0 aliphatic carbocycles. The van der Waals surface area contributed by atoms with Crippen LogP contribution in [-0.2, 0) is 0 Å². The molecule has 0 spiro atoms. The van der Waals surface area contributed by atoms with Crippen LogP contribution in [0.5, 0.6) is 0 Å². The molecule has 20 heavy (non-hydrogen) atoms. The van der Waals surface area contributed by atoms with E-state index < -0.39 is 0 Å². The highest BCUT2D eigenvalue weighted by molar-refractivity contribution is 5.91. The van der Waals surface area contributed by atoms with E-state index in [0.29, 0.717) is 6.04 Å². The summed E-state index contributed by atoms with van der Waals surface area (Å²) in [6, 6.07) is 10.9. The summed E-state index contributed by atoms with van der Waals surface area (Å²) in [5.74, 6) is 0.723. The second-order valence-corrected chi connectivity index (χ2v) is 5.97. The molecule has 1 fully saturated rings. The van der Waals surface area contributed by atoms with Crippen molar-refractivity contribution in [3.05, 3.63) is 36.5 Å². The van der Waals surface area contributed by atoms with Gasteiger partial charge in [0.25, 0.3) is 0 Å². The van der Waals surface area contributed by atoms with Gasteiger partial charge in [0.15, 0.2) is 0 Å². The Morgan fingerprint density at radius 3 is 3.05 bits per heavy atom. The Bertz CT molecular complexity index is 576. The SMILES string of the molecule is CC(Nc1cccc2ncccc12)C1CCCN(C)C1. The molecule has 3 rings (SSSR count). The Morgan fingerprint density at radius 1 is 1.30 bits per heavy atom. The molecule has 0 amide bonds. The summed E-state index contributed by atoms with van der Waals surface area (Å²) in [5, 5.41) is 4.92. The van der Waals surface area contributed by atoms with Gasteiger partial charge in [-0.1, -0.05) is 6.07 Å². The molecule has 1 saturated heterocycles. The molecule has 0 saturated carbocycles. The van der Waals surface area contributed by atoms with Crippen LogP contribution in [0.4, 0.5) is 5.69 Å². The standard InChI is InChI=1S/C17H23N3/c1-13(14-6-5-11-20(2)12-14)19-17-9-3-8-16-15(17)7-4-10-18-16/h3-4,7-10,13-14,19H,5-6,11-12H2,1-2H3. The molecule has 0 radical (unpaired) electrons. The number of fused-ring (bicyclic) bond motifs is 1. The lowest BCUT2D eigenvalue weighted by atomic mass is 9.91. The predicted octanol–water partition coefficient (Wildman–Crippen LogP) is 3.38. The highest BCUT2D eigenvalue weighted by atomic mass is 15.1. The minimum atomic E-state index is 0.489. The first-order valence-electron chi connectivity index (χ1n) is 7.53. The summed E-state index contributed by atoms with van der Waals surface area (Å²) in [7, 11) is 2.22. The number of piperidine rings is 1. The number of aromatic nitrogens is 1. The minimum absolute atomic E-state index is 0.489. The van der Waals surface area contributed by atoms with Crippen LogP contribution in [0.15, 0.2) is 36.5 Å². The molecule has 1 aliphatic heterocycles. The summed E-state index contributed by atoms with van der Waals surface area (Å²) >= 11 is 0. The van der Waals surface area contributed by atoms with Gasteiger partial charge in [-0.05, 0) is 63.5 Å². The van der Waals surface area contributed by atoms with Crippen molar-refractivity contribution >= 4 is 16.6 Å². The molecule has 1 aromatic carbocycles. The van der Waals surface area contributed by atoms with E-state index in [2.05, 4.69) is 53.4 Å². The van der Waals surface area contributed by atoms with Crippen LogP contribution >= 0.6 is 0 Å². The number of likely N-dealkylation sites (tertiary alicyclic amines) is 1. The number of pyridine rings is 1. The lowest BCUT2D eigenvalue weighted by molar-refractivity contribution is 0.198. The van der Waals surface area contributed by atoms with Crippen molar-refractivity contribution in [3.8, 4) is 0 Å². The topological polar surface area (TPSA) is 28.2 Å². The zero-order valence-corrected chi connectivity index (χ0v) is 12.3. The molecule has 3 heteroatoms. The molecule has 3 nitrogen and oxygen atoms in total. The highest BCUT2D eigenvalue weighted by Gasteiger charge is 2.22. The van der Waals surface area contributed by atoms with E-state index in [9.17, 15) is 0 Å². The van der Waals surface area contributed by atoms with E-state index in [1.807, 2.05) is 12.3 Å². The summed E-state index contributed by atoms with van der Waals surface area (Å²) in [6.07, 6.45) is 4.48. The Labute approximate surface area is 121 Å². The van der Waals surface area contributed by atoms with Gasteiger partial charge in [-0.2, -0.15) is 0 Å². The first-order chi connectivity index (χ1) is 9.74. The van der Waals surface area contributed by atoms with Gasteiger partial charge in [-0.3, -0.25) is 4.98 Å². The number of nitrogens with one attached hydrogen (secondary N) is 1. The Morgan fingerprint density at radius 2 is 2.20 bits per heavy atom. The van der Waals surface area contributed by atoms with Crippen LogP contribution in [0.3, 0.4) is 0 Å². The molecular weight excluding hydrogens is 246 g/mol. The van der Waals surface area contributed by atoms with Gasteiger partial charge in [0.1, 0.15) is 0 Å². The second kappa shape index (κ2) is 5.80. The number of nitrogens with zero attached hydrogens (tertiary/aromatic N) is 2. The minimum Gasteiger partial charge on any atom is -0.382 e. The molecule has 2 aromatic rings. The van der Waals surface area contributed by atoms with E-state index in [1.54, 1.807) is 0 Å². The first kappa shape index (κ1) is 13.4. The molecule has 2 atom stereocenters. The smallest absolute Gasteiger partial charge is 0.0722 e. The maximum absolute atomic E-state index is 4.43. The van der Waals surface area contributed by atoms with Crippen LogP contribution < -0.4 is 5.32 Å². The summed E-state index contributed by atoms with van der Waals surface area (Å²) in [5.41, 5.74) is 2.27. The third-order valence-corrected chi connectivity index (χ3v) is 4.40. The maximum atomic E-state index is 4.43. The molecule has 2 heterocycles. The van der Waals surface area contributed by atoms with Gasteiger partial charge in [0.2, 0.25) is 0 Å². The van der Waals surface area contributed by atoms with E-state index in [-0.39, 0.29) is 0 Å². The van der Waals surface area contributed by atoms with Gasteiger partial charge in [0, 0.05) is 29.9 Å². The van der Waals surface area contributed by atoms with Crippen molar-refractivity contribution in [1.29, 1.82) is 0 Å². The van der Waals surface area contributed by atoms with Crippen LogP contribution in [0.25, 0.3) is 10.9 Å². The normalized spacial score (nSPS) is 21.8. The Balaban J connectivity index is 1.78. The van der Waals surface area contributed by atoms with E-state index in [4.69, 9.17) is 0 Å². The fourth-order valence-corrected chi connectivity index (χ4v) is 3.21. The van der Waals surface area contributed by atoms with Crippen molar-refractivity contribution in [3.63, 3.8) is 0 Å². The van der Waals surface area contributed by atoms with Crippen molar-refractivity contribution in [1.82, 2.24) is 9.88 Å². The fraction of sp³-hybridized carbons (Fsp3) is 0.471. The molecule has 0 bridgehead atoms. The van der Waals surface area contributed by atoms with Gasteiger partial charge in [-0.15, -0.1) is 0 Å². The number of anilines is 1. The average molecular weight is 269 g/mol. The summed E-state index contributed by atoms with van der Waals surface area (Å²) < 4.78 is 0. The van der Waals surface area contributed by atoms with E-state index >= 15 is 0 Å². The lowest BCUT2D eigenvalue weighted by Crippen LogP contribution is -2.39. The monoisotopic (exact) mass is 269 g/mol. The molecule has 2 unspecified atom stereocenters. The van der Waals surface area contributed by atoms with Gasteiger partial charge in [0.05, 0.1) is 5.52 Å². The predicted molar refractivity (Wildman–Crippen MR) is 85.0 cm³/mol. The number of hydrogen-bond donors (Lipinski definition) is 1. The molecule has 1 aliphatic rings. The van der Waals surface area contributed by atoms with Gasteiger partial charge < -0.3 is 10.2 Å². The van der Waals surface area contributed by atoms with E-state index in [0.717, 1.165) is 11.4 Å². The van der Waals surface area contributed by atoms with Crippen LogP contribution in [0, 0.1) is 5.92 Å². The summed E-state index contributed by atoms with van der Waals surface area (Å²) in [6.45, 7) is 4.73. The number of benzene rings is 1. The molecule has 1 aromatic heterocycles. The number of hydrogen-bond acceptors (Lipinski definition) is 3. The van der Waals surface area contributed by atoms with Crippen molar-refractivity contribution in [2.75, 3.05) is 25.5 Å². The average Bonchev–Trinajstić information content (AvgIpc) is 2.47. The summed E-state index contributed by atoms with van der Waals surface area (Å²) in [4.78, 5) is 6.87. The molecular formula is C17H23N3. The molecule has 1 N–H and O–H groups in total. The highest BCUT2D eigenvalue weighted by Crippen LogP contribution is 2.26. The first-order valence-corrected chi connectivity index (χ1v) is 7.53. The van der Waals surface area contributed by atoms with Gasteiger partial charge in [-0.25, -0.2) is 0 Å². The van der Waals surface area contributed by atoms with E-state index in [1.165, 1.54) is 37.0 Å². The lowest BCUT2D eigenvalue weighted by Gasteiger charge is -2.34. The second-order valence-electron chi connectivity index (χ2n) is 5.97. The quantitative estimate of drug-likeness (QED) is 0.926. The van der Waals surface area contributed by atoms with Crippen LogP contribution in [-0.4, -0.2) is 36.1 Å². The fourth-order valence-electron chi connectivity index (χ4n) is 3.21. The Kier molecular flexibility index (Phi) is 3.88. The van der Waals surface area contributed by atoms with Crippen LogP contribution in [0.1, 0.15) is 19.8 Å². The third-order valence-electron chi connectivity index (χ3n) is 4.40. The zero-order chi connectivity index (χ0) is 13.9. The number of rotatable bonds is 3. The van der Waals surface area contributed by atoms with Crippen molar-refractivity contribution < 1.29 is 0 Å². The largest absolute Gasteiger partial charge is 0.382 e. The van der Waals surface area contributed by atoms with Crippen molar-refractivity contribution in [2.24, 2.45) is 5.92 Å². The third kappa shape index (κ3) is 2.78. The van der Waals surface area contributed by atoms with Gasteiger partial charge >= 0.3 is 0 Å². The Hall–Kier alpha value is -1.61. The zero-order valence-electron chi connectivity index (χ0n) is 12.3. The van der Waals surface area contributed by atoms with Crippen molar-refractivity contribution in [2.45, 2.75) is 25.8 Å². The maximum Gasteiger partial charge on any atom is 0.0722 e.